The second kappa shape index (κ2) is 9.48. The van der Waals surface area contributed by atoms with Gasteiger partial charge in [0.05, 0.1) is 29.5 Å². The van der Waals surface area contributed by atoms with Crippen molar-refractivity contribution in [1.29, 1.82) is 0 Å². The summed E-state index contributed by atoms with van der Waals surface area (Å²) in [5.41, 5.74) is 2.46. The quantitative estimate of drug-likeness (QED) is 0.221. The summed E-state index contributed by atoms with van der Waals surface area (Å²) in [6, 6.07) is 6.84. The van der Waals surface area contributed by atoms with E-state index < -0.39 is 18.0 Å². The molecule has 0 aliphatic carbocycles. The third kappa shape index (κ3) is 4.82. The number of piperidine rings is 1. The molecule has 1 aliphatic rings. The van der Waals surface area contributed by atoms with Gasteiger partial charge in [-0.3, -0.25) is 4.40 Å². The number of alkyl halides is 4. The predicted octanol–water partition coefficient (Wildman–Crippen LogP) is 7.01. The molecule has 194 valence electrons. The Kier molecular flexibility index (Phi) is 6.47. The van der Waals surface area contributed by atoms with Crippen LogP contribution in [0.3, 0.4) is 0 Å². The van der Waals surface area contributed by atoms with Crippen molar-refractivity contribution in [2.45, 2.75) is 45.1 Å². The number of halogens is 5. The van der Waals surface area contributed by atoms with E-state index >= 15 is 0 Å². The lowest BCUT2D eigenvalue weighted by atomic mass is 10.0. The lowest BCUT2D eigenvalue weighted by Crippen LogP contribution is -2.38. The highest BCUT2D eigenvalue weighted by atomic mass is 35.5. The number of nitrogens with one attached hydrogen (secondary N) is 1. The first-order valence-corrected chi connectivity index (χ1v) is 12.3. The number of anilines is 2. The minimum Gasteiger partial charge on any atom is -0.377 e. The van der Waals surface area contributed by atoms with Gasteiger partial charge in [0, 0.05) is 23.7 Å². The van der Waals surface area contributed by atoms with Crippen molar-refractivity contribution in [3.63, 3.8) is 0 Å². The van der Waals surface area contributed by atoms with Crippen LogP contribution in [0.2, 0.25) is 5.15 Å². The standard InChI is InChI=1S/C26H25ClF4N6/c1-4-19-20(7-8-22(27)33-19)32-15(3)17-10-14(2)11-18-23(17)35-25(36-9-5-6-16(28)12-36)37-13-21(26(29,30)31)34-24(18)37/h4,7-8,10-11,13,15-16,32H,1,5-6,9,12H2,2-3H3. The Balaban J connectivity index is 1.71. The number of pyridine rings is 1. The summed E-state index contributed by atoms with van der Waals surface area (Å²) in [7, 11) is 0. The van der Waals surface area contributed by atoms with Gasteiger partial charge < -0.3 is 10.2 Å². The molecule has 2 atom stereocenters. The van der Waals surface area contributed by atoms with Crippen molar-refractivity contribution in [1.82, 2.24) is 19.4 Å². The second-order valence-electron chi connectivity index (χ2n) is 9.30. The minimum atomic E-state index is -4.63. The molecule has 1 fully saturated rings. The second-order valence-corrected chi connectivity index (χ2v) is 9.69. The molecule has 0 spiro atoms. The normalized spacial score (nSPS) is 17.4. The summed E-state index contributed by atoms with van der Waals surface area (Å²) in [6.45, 7) is 8.12. The lowest BCUT2D eigenvalue weighted by Gasteiger charge is -2.30. The molecular weight excluding hydrogens is 508 g/mol. The minimum absolute atomic E-state index is 0.0568. The van der Waals surface area contributed by atoms with E-state index in [1.165, 1.54) is 4.40 Å². The zero-order valence-electron chi connectivity index (χ0n) is 20.3. The Bertz CT molecular complexity index is 1500. The molecule has 1 saturated heterocycles. The molecule has 1 aromatic carbocycles. The van der Waals surface area contributed by atoms with E-state index in [-0.39, 0.29) is 24.2 Å². The molecule has 0 saturated carbocycles. The molecule has 5 rings (SSSR count). The van der Waals surface area contributed by atoms with E-state index in [1.807, 2.05) is 19.9 Å². The number of nitrogens with zero attached hydrogens (tertiary/aromatic N) is 5. The first-order valence-electron chi connectivity index (χ1n) is 11.9. The molecule has 0 amide bonds. The van der Waals surface area contributed by atoms with Gasteiger partial charge in [0.25, 0.3) is 0 Å². The lowest BCUT2D eigenvalue weighted by molar-refractivity contribution is -0.140. The van der Waals surface area contributed by atoms with Gasteiger partial charge in [-0.15, -0.1) is 0 Å². The average molecular weight is 533 g/mol. The van der Waals surface area contributed by atoms with Crippen molar-refractivity contribution in [2.24, 2.45) is 0 Å². The van der Waals surface area contributed by atoms with Crippen LogP contribution in [0.15, 0.2) is 37.0 Å². The number of fused-ring (bicyclic) bond motifs is 3. The van der Waals surface area contributed by atoms with Crippen molar-refractivity contribution >= 4 is 45.9 Å². The molecule has 0 bridgehead atoms. The highest BCUT2D eigenvalue weighted by molar-refractivity contribution is 6.29. The van der Waals surface area contributed by atoms with Crippen molar-refractivity contribution in [3.05, 3.63) is 64.7 Å². The fourth-order valence-electron chi connectivity index (χ4n) is 4.81. The fourth-order valence-corrected chi connectivity index (χ4v) is 4.97. The maximum Gasteiger partial charge on any atom is 0.434 e. The Morgan fingerprint density at radius 2 is 2.00 bits per heavy atom. The third-order valence-electron chi connectivity index (χ3n) is 6.52. The zero-order valence-corrected chi connectivity index (χ0v) is 21.0. The molecule has 4 heterocycles. The molecule has 1 N–H and O–H groups in total. The number of imidazole rings is 1. The van der Waals surface area contributed by atoms with Gasteiger partial charge in [0.15, 0.2) is 5.69 Å². The number of benzene rings is 1. The van der Waals surface area contributed by atoms with Crippen molar-refractivity contribution in [3.8, 4) is 0 Å². The van der Waals surface area contributed by atoms with Crippen LogP contribution < -0.4 is 10.2 Å². The monoisotopic (exact) mass is 532 g/mol. The highest BCUT2D eigenvalue weighted by Crippen LogP contribution is 2.36. The molecule has 0 radical (unpaired) electrons. The maximum absolute atomic E-state index is 14.3. The molecule has 6 nitrogen and oxygen atoms in total. The third-order valence-corrected chi connectivity index (χ3v) is 6.73. The molecule has 4 aromatic rings. The SMILES string of the molecule is C=Cc1nc(Cl)ccc1NC(C)c1cc(C)cc2c1nc(N1CCCC(F)C1)n1cc(C(F)(F)F)nc21. The van der Waals surface area contributed by atoms with Crippen LogP contribution in [0.1, 0.15) is 48.3 Å². The van der Waals surface area contributed by atoms with E-state index in [4.69, 9.17) is 16.6 Å². The molecule has 11 heteroatoms. The average Bonchev–Trinajstić information content (AvgIpc) is 3.31. The van der Waals surface area contributed by atoms with E-state index in [2.05, 4.69) is 21.9 Å². The highest BCUT2D eigenvalue weighted by Gasteiger charge is 2.35. The van der Waals surface area contributed by atoms with Gasteiger partial charge in [0.1, 0.15) is 17.0 Å². The van der Waals surface area contributed by atoms with Crippen LogP contribution in [-0.2, 0) is 6.18 Å². The summed E-state index contributed by atoms with van der Waals surface area (Å²) in [4.78, 5) is 14.8. The van der Waals surface area contributed by atoms with Gasteiger partial charge in [-0.1, -0.05) is 24.2 Å². The molecule has 3 aromatic heterocycles. The number of aromatic nitrogens is 4. The van der Waals surface area contributed by atoms with Crippen LogP contribution in [-0.4, -0.2) is 38.6 Å². The summed E-state index contributed by atoms with van der Waals surface area (Å²) < 4.78 is 56.7. The van der Waals surface area contributed by atoms with Gasteiger partial charge in [-0.2, -0.15) is 13.2 Å². The Morgan fingerprint density at radius 3 is 2.70 bits per heavy atom. The predicted molar refractivity (Wildman–Crippen MR) is 138 cm³/mol. The van der Waals surface area contributed by atoms with Crippen LogP contribution >= 0.6 is 11.6 Å². The Hall–Kier alpha value is -3.40. The molecule has 1 aliphatic heterocycles. The van der Waals surface area contributed by atoms with Crippen molar-refractivity contribution < 1.29 is 17.6 Å². The van der Waals surface area contributed by atoms with E-state index in [1.54, 1.807) is 29.2 Å². The summed E-state index contributed by atoms with van der Waals surface area (Å²) >= 11 is 6.02. The van der Waals surface area contributed by atoms with E-state index in [0.29, 0.717) is 46.8 Å². The molecular formula is C26H25ClF4N6. The molecule has 37 heavy (non-hydrogen) atoms. The number of hydrogen-bond donors (Lipinski definition) is 1. The summed E-state index contributed by atoms with van der Waals surface area (Å²) in [6.07, 6.45) is -2.20. The molecule has 2 unspecified atom stereocenters. The van der Waals surface area contributed by atoms with Crippen LogP contribution in [0.4, 0.5) is 29.2 Å². The summed E-state index contributed by atoms with van der Waals surface area (Å²) in [5, 5.41) is 4.21. The Labute approximate surface area is 216 Å². The van der Waals surface area contributed by atoms with E-state index in [0.717, 1.165) is 17.3 Å². The van der Waals surface area contributed by atoms with Gasteiger partial charge in [-0.25, -0.2) is 19.3 Å². The summed E-state index contributed by atoms with van der Waals surface area (Å²) in [5.74, 6) is 0.241. The zero-order chi connectivity index (χ0) is 26.5. The van der Waals surface area contributed by atoms with Crippen molar-refractivity contribution in [2.75, 3.05) is 23.3 Å². The largest absolute Gasteiger partial charge is 0.434 e. The van der Waals surface area contributed by atoms with Gasteiger partial charge in [-0.05, 0) is 56.5 Å². The van der Waals surface area contributed by atoms with Crippen LogP contribution in [0.25, 0.3) is 22.6 Å². The first-order chi connectivity index (χ1) is 17.5. The van der Waals surface area contributed by atoms with E-state index in [9.17, 15) is 17.6 Å². The Morgan fingerprint density at radius 1 is 1.22 bits per heavy atom. The van der Waals surface area contributed by atoms with Crippen LogP contribution in [0, 0.1) is 6.92 Å². The first kappa shape index (κ1) is 25.3. The maximum atomic E-state index is 14.3. The smallest absolute Gasteiger partial charge is 0.377 e. The van der Waals surface area contributed by atoms with Gasteiger partial charge in [0.2, 0.25) is 5.95 Å². The van der Waals surface area contributed by atoms with Crippen LogP contribution in [0.5, 0.6) is 0 Å². The number of hydrogen-bond acceptors (Lipinski definition) is 5. The topological polar surface area (TPSA) is 58.4 Å². The number of aryl methyl sites for hydroxylation is 1. The van der Waals surface area contributed by atoms with Gasteiger partial charge >= 0.3 is 6.18 Å². The number of rotatable bonds is 5. The fraction of sp³-hybridized carbons (Fsp3) is 0.346.